The molecule has 0 saturated carbocycles. The quantitative estimate of drug-likeness (QED) is 0.723. The molecule has 0 aliphatic heterocycles. The van der Waals surface area contributed by atoms with Crippen LogP contribution in [0.3, 0.4) is 0 Å². The molecule has 112 valence electrons. The van der Waals surface area contributed by atoms with Crippen molar-refractivity contribution in [2.75, 3.05) is 20.0 Å². The zero-order chi connectivity index (χ0) is 15.9. The summed E-state index contributed by atoms with van der Waals surface area (Å²) in [7, 11) is 2.46. The largest absolute Gasteiger partial charge is 0.465 e. The summed E-state index contributed by atoms with van der Waals surface area (Å²) in [5.74, 6) is -1.35. The lowest BCUT2D eigenvalue weighted by atomic mass is 10.1. The third-order valence-corrected chi connectivity index (χ3v) is 3.49. The molecule has 0 spiro atoms. The van der Waals surface area contributed by atoms with E-state index in [1.165, 1.54) is 18.7 Å². The number of nitrogens with zero attached hydrogens (tertiary/aromatic N) is 2. The molecular weight excluding hydrogens is 286 g/mol. The van der Waals surface area contributed by atoms with E-state index >= 15 is 0 Å². The van der Waals surface area contributed by atoms with Crippen molar-refractivity contribution in [1.29, 1.82) is 0 Å². The maximum Gasteiger partial charge on any atom is 0.342 e. The number of hydrogen-bond acceptors (Lipinski definition) is 6. The van der Waals surface area contributed by atoms with Crippen LogP contribution in [-0.2, 0) is 9.47 Å². The molecule has 2 heterocycles. The molecule has 3 rings (SSSR count). The third-order valence-electron chi connectivity index (χ3n) is 3.49. The van der Waals surface area contributed by atoms with Crippen molar-refractivity contribution in [2.24, 2.45) is 0 Å². The van der Waals surface area contributed by atoms with Crippen LogP contribution in [-0.4, -0.2) is 35.8 Å². The molecule has 2 N–H and O–H groups in total. The van der Waals surface area contributed by atoms with Gasteiger partial charge in [-0.1, -0.05) is 24.3 Å². The first-order valence-corrected chi connectivity index (χ1v) is 6.44. The van der Waals surface area contributed by atoms with E-state index in [4.69, 9.17) is 15.2 Å². The molecule has 22 heavy (non-hydrogen) atoms. The van der Waals surface area contributed by atoms with Crippen LogP contribution in [0, 0.1) is 0 Å². The van der Waals surface area contributed by atoms with Crippen molar-refractivity contribution >= 4 is 34.0 Å². The summed E-state index contributed by atoms with van der Waals surface area (Å²) >= 11 is 0. The molecule has 0 fully saturated rings. The summed E-state index contributed by atoms with van der Waals surface area (Å²) in [4.78, 5) is 24.2. The minimum atomic E-state index is -0.715. The van der Waals surface area contributed by atoms with E-state index in [1.54, 1.807) is 6.20 Å². The fourth-order valence-electron chi connectivity index (χ4n) is 2.50. The van der Waals surface area contributed by atoms with Gasteiger partial charge < -0.3 is 15.2 Å². The van der Waals surface area contributed by atoms with E-state index in [0.717, 1.165) is 10.8 Å². The van der Waals surface area contributed by atoms with Crippen molar-refractivity contribution < 1.29 is 19.1 Å². The van der Waals surface area contributed by atoms with Crippen LogP contribution < -0.4 is 5.73 Å². The second-order valence-corrected chi connectivity index (χ2v) is 4.61. The van der Waals surface area contributed by atoms with Crippen LogP contribution in [0.25, 0.3) is 16.3 Å². The van der Waals surface area contributed by atoms with Crippen molar-refractivity contribution in [3.8, 4) is 0 Å². The summed E-state index contributed by atoms with van der Waals surface area (Å²) in [6, 6.07) is 7.35. The molecule has 7 nitrogen and oxygen atoms in total. The Morgan fingerprint density at radius 3 is 2.41 bits per heavy atom. The van der Waals surface area contributed by atoms with E-state index in [2.05, 4.69) is 5.10 Å². The van der Waals surface area contributed by atoms with Gasteiger partial charge in [0.2, 0.25) is 0 Å². The molecule has 0 amide bonds. The number of anilines is 1. The molecule has 2 aromatic heterocycles. The van der Waals surface area contributed by atoms with Crippen molar-refractivity contribution in [1.82, 2.24) is 9.61 Å². The number of rotatable bonds is 2. The number of nitrogens with two attached hydrogens (primary N) is 1. The minimum absolute atomic E-state index is 0.0352. The Morgan fingerprint density at radius 2 is 1.73 bits per heavy atom. The van der Waals surface area contributed by atoms with Crippen LogP contribution in [0.5, 0.6) is 0 Å². The first-order valence-electron chi connectivity index (χ1n) is 6.44. The second kappa shape index (κ2) is 5.03. The third kappa shape index (κ3) is 1.79. The van der Waals surface area contributed by atoms with Crippen LogP contribution in [0.4, 0.5) is 5.82 Å². The van der Waals surface area contributed by atoms with E-state index in [0.29, 0.717) is 5.52 Å². The van der Waals surface area contributed by atoms with E-state index in [1.807, 2.05) is 24.3 Å². The lowest BCUT2D eigenvalue weighted by Gasteiger charge is -2.03. The number of hydrogen-bond donors (Lipinski definition) is 1. The Bertz CT molecular complexity index is 914. The number of esters is 2. The Hall–Kier alpha value is -3.09. The number of fused-ring (bicyclic) bond motifs is 3. The zero-order valence-corrected chi connectivity index (χ0v) is 12.0. The topological polar surface area (TPSA) is 95.9 Å². The van der Waals surface area contributed by atoms with Crippen molar-refractivity contribution in [2.45, 2.75) is 0 Å². The van der Waals surface area contributed by atoms with Gasteiger partial charge in [0.15, 0.2) is 0 Å². The molecule has 0 bridgehead atoms. The number of benzene rings is 1. The molecule has 0 radical (unpaired) electrons. The average Bonchev–Trinajstić information content (AvgIpc) is 2.86. The highest BCUT2D eigenvalue weighted by atomic mass is 16.5. The Labute approximate surface area is 125 Å². The number of carbonyl (C=O) groups excluding carboxylic acids is 2. The maximum absolute atomic E-state index is 12.2. The van der Waals surface area contributed by atoms with Gasteiger partial charge in [-0.15, -0.1) is 0 Å². The molecule has 0 unspecified atom stereocenters. The van der Waals surface area contributed by atoms with Crippen molar-refractivity contribution in [3.63, 3.8) is 0 Å². The number of nitrogen functional groups attached to an aromatic ring is 1. The highest BCUT2D eigenvalue weighted by molar-refractivity contribution is 6.16. The van der Waals surface area contributed by atoms with Gasteiger partial charge in [0.1, 0.15) is 16.9 Å². The molecule has 0 aliphatic carbocycles. The molecule has 3 aromatic rings. The minimum Gasteiger partial charge on any atom is -0.465 e. The smallest absolute Gasteiger partial charge is 0.342 e. The summed E-state index contributed by atoms with van der Waals surface area (Å²) in [5.41, 5.74) is 6.42. The summed E-state index contributed by atoms with van der Waals surface area (Å²) in [6.07, 6.45) is 1.61. The van der Waals surface area contributed by atoms with Gasteiger partial charge in [-0.3, -0.25) is 0 Å². The normalized spacial score (nSPS) is 10.8. The maximum atomic E-state index is 12.2. The lowest BCUT2D eigenvalue weighted by molar-refractivity contribution is 0.0559. The number of carbonyl (C=O) groups is 2. The fraction of sp³-hybridized carbons (Fsp3) is 0.133. The molecule has 1 aromatic carbocycles. The molecule has 0 atom stereocenters. The highest BCUT2D eigenvalue weighted by Gasteiger charge is 2.30. The Kier molecular flexibility index (Phi) is 3.17. The molecule has 7 heteroatoms. The van der Waals surface area contributed by atoms with E-state index in [9.17, 15) is 9.59 Å². The van der Waals surface area contributed by atoms with Gasteiger partial charge in [0.25, 0.3) is 0 Å². The van der Waals surface area contributed by atoms with Crippen LogP contribution in [0.15, 0.2) is 30.5 Å². The van der Waals surface area contributed by atoms with Crippen LogP contribution in [0.1, 0.15) is 20.7 Å². The van der Waals surface area contributed by atoms with Gasteiger partial charge in [-0.05, 0) is 0 Å². The summed E-state index contributed by atoms with van der Waals surface area (Å²) in [6.45, 7) is 0. The van der Waals surface area contributed by atoms with Crippen LogP contribution in [0.2, 0.25) is 0 Å². The predicted octanol–water partition coefficient (Wildman–Crippen LogP) is 1.64. The molecule has 0 aliphatic rings. The van der Waals surface area contributed by atoms with E-state index in [-0.39, 0.29) is 16.9 Å². The lowest BCUT2D eigenvalue weighted by Crippen LogP contribution is -2.11. The van der Waals surface area contributed by atoms with Gasteiger partial charge in [0.05, 0.1) is 25.9 Å². The Morgan fingerprint density at radius 1 is 1.09 bits per heavy atom. The predicted molar refractivity (Wildman–Crippen MR) is 79.8 cm³/mol. The first-order chi connectivity index (χ1) is 10.6. The van der Waals surface area contributed by atoms with E-state index < -0.39 is 11.9 Å². The number of ether oxygens (including phenoxy) is 2. The molecule has 0 saturated heterocycles. The van der Waals surface area contributed by atoms with Gasteiger partial charge in [0, 0.05) is 10.8 Å². The van der Waals surface area contributed by atoms with Gasteiger partial charge in [-0.25, -0.2) is 14.1 Å². The zero-order valence-electron chi connectivity index (χ0n) is 12.0. The number of methoxy groups -OCH3 is 2. The first kappa shape index (κ1) is 13.9. The number of aromatic nitrogens is 2. The second-order valence-electron chi connectivity index (χ2n) is 4.61. The van der Waals surface area contributed by atoms with Gasteiger partial charge >= 0.3 is 11.9 Å². The monoisotopic (exact) mass is 299 g/mol. The van der Waals surface area contributed by atoms with Crippen LogP contribution >= 0.6 is 0 Å². The SMILES string of the molecule is COC(=O)c1c(C(=O)OC)c2c3ccccc3cnn2c1N. The fourth-order valence-corrected chi connectivity index (χ4v) is 2.50. The van der Waals surface area contributed by atoms with Gasteiger partial charge in [-0.2, -0.15) is 5.10 Å². The Balaban J connectivity index is 2.55. The standard InChI is InChI=1S/C15H13N3O4/c1-21-14(19)10-11(15(20)22-2)13(16)18-12(10)9-6-4-3-5-8(9)7-17-18/h3-7H,16H2,1-2H3. The summed E-state index contributed by atoms with van der Waals surface area (Å²) in [5, 5.41) is 5.75. The van der Waals surface area contributed by atoms with Crippen molar-refractivity contribution in [3.05, 3.63) is 41.6 Å². The summed E-state index contributed by atoms with van der Waals surface area (Å²) < 4.78 is 10.9. The highest BCUT2D eigenvalue weighted by Crippen LogP contribution is 2.31. The molecular formula is C15H13N3O4. The average molecular weight is 299 g/mol.